The van der Waals surface area contributed by atoms with Crippen molar-refractivity contribution in [2.24, 2.45) is 0 Å². The van der Waals surface area contributed by atoms with Crippen molar-refractivity contribution in [1.29, 1.82) is 0 Å². The minimum absolute atomic E-state index is 0.182. The van der Waals surface area contributed by atoms with Gasteiger partial charge < -0.3 is 44.3 Å². The number of phosphoric acid groups is 1. The zero-order chi connectivity index (χ0) is 46.0. The van der Waals surface area contributed by atoms with Gasteiger partial charge in [-0.15, -0.1) is 0 Å². The Morgan fingerprint density at radius 2 is 0.984 bits per heavy atom. The summed E-state index contributed by atoms with van der Waals surface area (Å²) in [7, 11) is -5.32. The predicted octanol–water partition coefficient (Wildman–Crippen LogP) is 9.18. The van der Waals surface area contributed by atoms with Crippen LogP contribution in [0.25, 0.3) is 0 Å². The molecule has 0 saturated carbocycles. The van der Waals surface area contributed by atoms with E-state index in [9.17, 15) is 43.7 Å². The average molecular weight is 908 g/mol. The second kappa shape index (κ2) is 36.1. The van der Waals surface area contributed by atoms with Crippen molar-refractivity contribution >= 4 is 31.6 Å². The van der Waals surface area contributed by atoms with E-state index in [2.05, 4.69) is 19.2 Å². The van der Waals surface area contributed by atoms with Gasteiger partial charge in [0.05, 0.1) is 19.4 Å². The second-order valence-corrected chi connectivity index (χ2v) is 18.3. The summed E-state index contributed by atoms with van der Waals surface area (Å²) < 4.78 is 39.9. The minimum atomic E-state index is -5.32. The highest BCUT2D eigenvalue weighted by Gasteiger charge is 2.51. The summed E-state index contributed by atoms with van der Waals surface area (Å²) in [4.78, 5) is 72.7. The number of hydrogen-bond donors (Lipinski definition) is 5. The Labute approximate surface area is 373 Å². The van der Waals surface area contributed by atoms with Gasteiger partial charge in [0.1, 0.15) is 30.5 Å². The minimum Gasteiger partial charge on any atom is -0.462 e. The van der Waals surface area contributed by atoms with Crippen LogP contribution in [0.3, 0.4) is 0 Å². The van der Waals surface area contributed by atoms with Crippen LogP contribution >= 0.6 is 7.82 Å². The molecule has 0 bridgehead atoms. The van der Waals surface area contributed by atoms with Crippen molar-refractivity contribution in [2.45, 2.75) is 263 Å². The number of phosphoric ester groups is 1. The molecule has 1 heterocycles. The third-order valence-electron chi connectivity index (χ3n) is 11.3. The van der Waals surface area contributed by atoms with E-state index in [1.54, 1.807) is 0 Å². The van der Waals surface area contributed by atoms with Crippen LogP contribution in [-0.4, -0.2) is 93.3 Å². The zero-order valence-electron chi connectivity index (χ0n) is 38.8. The van der Waals surface area contributed by atoms with Crippen LogP contribution in [0.15, 0.2) is 0 Å². The molecule has 1 amide bonds. The highest BCUT2D eigenvalue weighted by Crippen LogP contribution is 2.42. The molecular weight excluding hydrogens is 821 g/mol. The van der Waals surface area contributed by atoms with Gasteiger partial charge in [-0.05, 0) is 38.5 Å². The van der Waals surface area contributed by atoms with E-state index in [0.717, 1.165) is 77.0 Å². The molecule has 1 aliphatic rings. The number of carbonyl (C=O) groups is 4. The molecule has 1 aliphatic heterocycles. The van der Waals surface area contributed by atoms with Crippen LogP contribution in [0.1, 0.15) is 220 Å². The first-order chi connectivity index (χ1) is 29.8. The number of nitrogens with one attached hydrogen (secondary N) is 1. The molecule has 15 nitrogen and oxygen atoms in total. The number of ether oxygens (including phenoxy) is 4. The van der Waals surface area contributed by atoms with E-state index in [1.807, 2.05) is 13.8 Å². The fourth-order valence-electron chi connectivity index (χ4n) is 7.78. The van der Waals surface area contributed by atoms with E-state index >= 15 is 0 Å². The predicted molar refractivity (Wildman–Crippen MR) is 238 cm³/mol. The maximum atomic E-state index is 13.7. The van der Waals surface area contributed by atoms with Crippen LogP contribution in [0.5, 0.6) is 0 Å². The van der Waals surface area contributed by atoms with E-state index in [0.29, 0.717) is 38.5 Å². The topological polar surface area (TPSA) is 224 Å². The monoisotopic (exact) mass is 908 g/mol. The average Bonchev–Trinajstić information content (AvgIpc) is 3.21. The molecule has 0 aliphatic carbocycles. The molecule has 7 atom stereocenters. The summed E-state index contributed by atoms with van der Waals surface area (Å²) in [5, 5.41) is 23.8. The fourth-order valence-corrected chi connectivity index (χ4v) is 8.36. The lowest BCUT2D eigenvalue weighted by molar-refractivity contribution is -0.256. The molecule has 0 aromatic carbocycles. The van der Waals surface area contributed by atoms with Crippen LogP contribution in [0.2, 0.25) is 0 Å². The maximum absolute atomic E-state index is 13.7. The largest absolute Gasteiger partial charge is 0.470 e. The number of rotatable bonds is 39. The first-order valence-corrected chi connectivity index (χ1v) is 25.9. The van der Waals surface area contributed by atoms with E-state index in [-0.39, 0.29) is 19.3 Å². The third kappa shape index (κ3) is 28.6. The fraction of sp³-hybridized carbons (Fsp3) is 0.913. The Balaban J connectivity index is 3.19. The summed E-state index contributed by atoms with van der Waals surface area (Å²) in [6.07, 6.45) is 15.9. The summed E-state index contributed by atoms with van der Waals surface area (Å²) in [5.41, 5.74) is 0. The zero-order valence-corrected chi connectivity index (χ0v) is 39.7. The van der Waals surface area contributed by atoms with Crippen LogP contribution in [0.4, 0.5) is 0 Å². The smallest absolute Gasteiger partial charge is 0.462 e. The SMILES string of the molecule is CCCCCCCCCCC[C@H](CC(=O)N[C@@H]1[C@@H](OC(=O)C[C@@H](CCCCCCCCCCC)OC(=O)CCCCC)[C@H](OP(=O)(O)O)[C@@H](CO)O[C@@H]1O)OC(=O)CCCCC. The van der Waals surface area contributed by atoms with E-state index < -0.39 is 87.5 Å². The maximum Gasteiger partial charge on any atom is 0.470 e. The molecule has 0 radical (unpaired) electrons. The molecule has 364 valence electrons. The lowest BCUT2D eigenvalue weighted by Gasteiger charge is -2.43. The lowest BCUT2D eigenvalue weighted by Crippen LogP contribution is -2.65. The van der Waals surface area contributed by atoms with Gasteiger partial charge in [-0.25, -0.2) is 4.57 Å². The molecular formula is C46H86NO14P. The number of esters is 3. The summed E-state index contributed by atoms with van der Waals surface area (Å²) in [5.74, 6) is -2.53. The molecule has 16 heteroatoms. The highest BCUT2D eigenvalue weighted by atomic mass is 31.2. The van der Waals surface area contributed by atoms with Gasteiger partial charge in [0.15, 0.2) is 12.4 Å². The number of aliphatic hydroxyl groups excluding tert-OH is 2. The molecule has 1 rings (SSSR count). The summed E-state index contributed by atoms with van der Waals surface area (Å²) >= 11 is 0. The quantitative estimate of drug-likeness (QED) is 0.0168. The van der Waals surface area contributed by atoms with Crippen molar-refractivity contribution < 1.29 is 67.2 Å². The van der Waals surface area contributed by atoms with Gasteiger partial charge in [0, 0.05) is 12.8 Å². The Morgan fingerprint density at radius 3 is 1.40 bits per heavy atom. The van der Waals surface area contributed by atoms with Crippen LogP contribution in [0, 0.1) is 0 Å². The molecule has 62 heavy (non-hydrogen) atoms. The first-order valence-electron chi connectivity index (χ1n) is 24.3. The molecule has 1 fully saturated rings. The standard InChI is InChI=1S/C46H86NO14P/c1-5-9-13-15-17-19-21-23-27-29-36(57-40(50)31-25-11-7-3)33-39(49)47-43-45(44(61-62(54,55)56)38(35-48)59-46(43)53)60-42(52)34-37(58-41(51)32-26-12-8-4)30-28-24-22-20-18-16-14-10-6-2/h36-38,43-46,48,53H,5-35H2,1-4H3,(H,47,49)(H2,54,55,56)/t36-,37-,38-,43-,44-,45-,46+/m1/s1. The van der Waals surface area contributed by atoms with Crippen molar-refractivity contribution in [1.82, 2.24) is 5.32 Å². The van der Waals surface area contributed by atoms with Gasteiger partial charge in [0.25, 0.3) is 0 Å². The number of amides is 1. The van der Waals surface area contributed by atoms with Crippen molar-refractivity contribution in [3.05, 3.63) is 0 Å². The second-order valence-electron chi connectivity index (χ2n) is 17.1. The van der Waals surface area contributed by atoms with Crippen molar-refractivity contribution in [3.8, 4) is 0 Å². The van der Waals surface area contributed by atoms with E-state index in [4.69, 9.17) is 23.5 Å². The van der Waals surface area contributed by atoms with Gasteiger partial charge in [0.2, 0.25) is 5.91 Å². The van der Waals surface area contributed by atoms with Gasteiger partial charge >= 0.3 is 25.7 Å². The molecule has 0 aromatic heterocycles. The number of aliphatic hydroxyl groups is 2. The van der Waals surface area contributed by atoms with Crippen LogP contribution < -0.4 is 5.32 Å². The third-order valence-corrected chi connectivity index (χ3v) is 11.8. The Hall–Kier alpha value is -2.13. The molecule has 0 spiro atoms. The normalized spacial score (nSPS) is 20.0. The van der Waals surface area contributed by atoms with Gasteiger partial charge in [-0.2, -0.15) is 0 Å². The number of carbonyl (C=O) groups excluding carboxylic acids is 4. The molecule has 0 aromatic rings. The highest BCUT2D eigenvalue weighted by molar-refractivity contribution is 7.46. The van der Waals surface area contributed by atoms with Gasteiger partial charge in [-0.3, -0.25) is 23.7 Å². The first kappa shape index (κ1) is 57.9. The summed E-state index contributed by atoms with van der Waals surface area (Å²) in [6.45, 7) is 7.52. The van der Waals surface area contributed by atoms with Crippen LogP contribution in [-0.2, 0) is 47.2 Å². The number of unbranched alkanes of at least 4 members (excludes halogenated alkanes) is 20. The summed E-state index contributed by atoms with van der Waals surface area (Å²) in [6, 6.07) is -1.62. The van der Waals surface area contributed by atoms with E-state index in [1.165, 1.54) is 51.4 Å². The molecule has 5 N–H and O–H groups in total. The molecule has 0 unspecified atom stereocenters. The lowest BCUT2D eigenvalue weighted by atomic mass is 9.96. The Morgan fingerprint density at radius 1 is 0.581 bits per heavy atom. The van der Waals surface area contributed by atoms with Crippen molar-refractivity contribution in [2.75, 3.05) is 6.61 Å². The number of hydrogen-bond acceptors (Lipinski definition) is 12. The molecule has 1 saturated heterocycles. The Kier molecular flexibility index (Phi) is 33.7. The van der Waals surface area contributed by atoms with Crippen molar-refractivity contribution in [3.63, 3.8) is 0 Å². The Bertz CT molecular complexity index is 1230. The van der Waals surface area contributed by atoms with Gasteiger partial charge in [-0.1, -0.05) is 156 Å².